The van der Waals surface area contributed by atoms with Crippen LogP contribution in [0.3, 0.4) is 0 Å². The third-order valence-corrected chi connectivity index (χ3v) is 4.11. The van der Waals surface area contributed by atoms with Crippen LogP contribution >= 0.6 is 0 Å². The van der Waals surface area contributed by atoms with Crippen molar-refractivity contribution in [2.24, 2.45) is 0 Å². The number of hydrogen-bond donors (Lipinski definition) is 2. The normalized spacial score (nSPS) is 11.6. The van der Waals surface area contributed by atoms with E-state index in [0.717, 1.165) is 28.0 Å². The summed E-state index contributed by atoms with van der Waals surface area (Å²) in [7, 11) is 1.59. The summed E-state index contributed by atoms with van der Waals surface area (Å²) in [5.74, 6) is -0.447. The summed E-state index contributed by atoms with van der Waals surface area (Å²) in [6, 6.07) is 12.5. The Bertz CT molecular complexity index is 770. The zero-order chi connectivity index (χ0) is 18.4. The topological polar surface area (TPSA) is 75.6 Å². The summed E-state index contributed by atoms with van der Waals surface area (Å²) in [6.07, 6.45) is 0.00640. The zero-order valence-corrected chi connectivity index (χ0v) is 14.7. The molecule has 5 nitrogen and oxygen atoms in total. The standard InChI is InChI=1S/C20H23NO4/c1-13-6-4-5-7-16(13)17(12-20(23)24)21-19(22)11-15-9-8-14(2)18(10-15)25-3/h4-10,17H,11-12H2,1-3H3,(H,21,22)(H,23,24). The second kappa shape index (κ2) is 8.33. The molecule has 2 aromatic carbocycles. The van der Waals surface area contributed by atoms with Crippen LogP contribution in [0.4, 0.5) is 0 Å². The number of methoxy groups -OCH3 is 1. The SMILES string of the molecule is COc1cc(CC(=O)NC(CC(=O)O)c2ccccc2C)ccc1C. The fourth-order valence-electron chi connectivity index (χ4n) is 2.80. The second-order valence-electron chi connectivity index (χ2n) is 6.06. The number of hydrogen-bond acceptors (Lipinski definition) is 3. The number of benzene rings is 2. The Balaban J connectivity index is 2.14. The van der Waals surface area contributed by atoms with Gasteiger partial charge in [-0.25, -0.2) is 0 Å². The number of amides is 1. The van der Waals surface area contributed by atoms with Crippen molar-refractivity contribution in [3.05, 3.63) is 64.7 Å². The molecule has 0 aliphatic rings. The van der Waals surface area contributed by atoms with Gasteiger partial charge in [0, 0.05) is 0 Å². The molecule has 1 unspecified atom stereocenters. The van der Waals surface area contributed by atoms with Gasteiger partial charge in [-0.15, -0.1) is 0 Å². The third kappa shape index (κ3) is 5.08. The molecule has 0 aliphatic heterocycles. The molecular weight excluding hydrogens is 318 g/mol. The molecule has 0 fully saturated rings. The maximum absolute atomic E-state index is 12.4. The zero-order valence-electron chi connectivity index (χ0n) is 14.7. The highest BCUT2D eigenvalue weighted by molar-refractivity contribution is 5.80. The lowest BCUT2D eigenvalue weighted by Gasteiger charge is -2.19. The van der Waals surface area contributed by atoms with Gasteiger partial charge in [-0.05, 0) is 42.2 Å². The summed E-state index contributed by atoms with van der Waals surface area (Å²) < 4.78 is 5.28. The van der Waals surface area contributed by atoms with Crippen molar-refractivity contribution in [3.8, 4) is 5.75 Å². The number of nitrogens with one attached hydrogen (secondary N) is 1. The molecule has 0 saturated heterocycles. The smallest absolute Gasteiger partial charge is 0.305 e. The Kier molecular flexibility index (Phi) is 6.17. The van der Waals surface area contributed by atoms with Crippen LogP contribution in [0.25, 0.3) is 0 Å². The van der Waals surface area contributed by atoms with Crippen molar-refractivity contribution >= 4 is 11.9 Å². The third-order valence-electron chi connectivity index (χ3n) is 4.11. The lowest BCUT2D eigenvalue weighted by molar-refractivity contribution is -0.137. The van der Waals surface area contributed by atoms with Gasteiger partial charge in [-0.2, -0.15) is 0 Å². The molecule has 0 heterocycles. The molecule has 5 heteroatoms. The molecule has 2 N–H and O–H groups in total. The van der Waals surface area contributed by atoms with Gasteiger partial charge in [0.1, 0.15) is 5.75 Å². The first kappa shape index (κ1) is 18.5. The quantitative estimate of drug-likeness (QED) is 0.811. The molecule has 1 amide bonds. The van der Waals surface area contributed by atoms with Crippen molar-refractivity contribution in [1.29, 1.82) is 0 Å². The van der Waals surface area contributed by atoms with Gasteiger partial charge in [-0.1, -0.05) is 36.4 Å². The minimum absolute atomic E-state index is 0.159. The summed E-state index contributed by atoms with van der Waals surface area (Å²) in [5.41, 5.74) is 3.58. The van der Waals surface area contributed by atoms with E-state index in [0.29, 0.717) is 0 Å². The highest BCUT2D eigenvalue weighted by Gasteiger charge is 2.19. The first-order valence-corrected chi connectivity index (χ1v) is 8.11. The maximum atomic E-state index is 12.4. The lowest BCUT2D eigenvalue weighted by Crippen LogP contribution is -2.31. The van der Waals surface area contributed by atoms with Crippen LogP contribution in [0.1, 0.15) is 34.7 Å². The van der Waals surface area contributed by atoms with E-state index in [4.69, 9.17) is 9.84 Å². The molecule has 0 spiro atoms. The van der Waals surface area contributed by atoms with Crippen LogP contribution in [0.15, 0.2) is 42.5 Å². The Labute approximate surface area is 147 Å². The van der Waals surface area contributed by atoms with Gasteiger partial charge in [0.25, 0.3) is 0 Å². The Morgan fingerprint density at radius 2 is 1.84 bits per heavy atom. The number of carbonyl (C=O) groups excluding carboxylic acids is 1. The van der Waals surface area contributed by atoms with Gasteiger partial charge in [0.05, 0.1) is 26.0 Å². The predicted molar refractivity (Wildman–Crippen MR) is 95.8 cm³/mol. The van der Waals surface area contributed by atoms with Crippen LogP contribution < -0.4 is 10.1 Å². The molecule has 0 bridgehead atoms. The number of carboxylic acid groups (broad SMARTS) is 1. The Morgan fingerprint density at radius 3 is 2.48 bits per heavy atom. The van der Waals surface area contributed by atoms with Crippen LogP contribution in [-0.4, -0.2) is 24.1 Å². The number of rotatable bonds is 7. The van der Waals surface area contributed by atoms with Crippen molar-refractivity contribution < 1.29 is 19.4 Å². The van der Waals surface area contributed by atoms with Gasteiger partial charge in [-0.3, -0.25) is 9.59 Å². The first-order chi connectivity index (χ1) is 11.9. The fourth-order valence-corrected chi connectivity index (χ4v) is 2.80. The largest absolute Gasteiger partial charge is 0.496 e. The van der Waals surface area contributed by atoms with Gasteiger partial charge in [0.2, 0.25) is 5.91 Å². The van der Waals surface area contributed by atoms with Crippen molar-refractivity contribution in [2.45, 2.75) is 32.7 Å². The average molecular weight is 341 g/mol. The predicted octanol–water partition coefficient (Wildman–Crippen LogP) is 3.19. The summed E-state index contributed by atoms with van der Waals surface area (Å²) >= 11 is 0. The van der Waals surface area contributed by atoms with E-state index in [9.17, 15) is 9.59 Å². The summed E-state index contributed by atoms with van der Waals surface area (Å²) in [5, 5.41) is 12.0. The van der Waals surface area contributed by atoms with Gasteiger partial charge < -0.3 is 15.2 Å². The molecule has 0 aliphatic carbocycles. The molecule has 2 rings (SSSR count). The van der Waals surface area contributed by atoms with E-state index in [1.54, 1.807) is 7.11 Å². The molecule has 1 atom stereocenters. The van der Waals surface area contributed by atoms with Crippen LogP contribution in [-0.2, 0) is 16.0 Å². The highest BCUT2D eigenvalue weighted by atomic mass is 16.5. The van der Waals surface area contributed by atoms with Gasteiger partial charge in [0.15, 0.2) is 0 Å². The molecule has 0 radical (unpaired) electrons. The maximum Gasteiger partial charge on any atom is 0.305 e. The van der Waals surface area contributed by atoms with Crippen LogP contribution in [0.2, 0.25) is 0 Å². The number of carboxylic acids is 1. The number of carbonyl (C=O) groups is 2. The Hall–Kier alpha value is -2.82. The van der Waals surface area contributed by atoms with E-state index in [1.165, 1.54) is 0 Å². The number of aryl methyl sites for hydroxylation is 2. The molecule has 132 valence electrons. The Morgan fingerprint density at radius 1 is 1.12 bits per heavy atom. The number of aliphatic carboxylic acids is 1. The second-order valence-corrected chi connectivity index (χ2v) is 6.06. The van der Waals surface area contributed by atoms with Gasteiger partial charge >= 0.3 is 5.97 Å². The van der Waals surface area contributed by atoms with E-state index in [-0.39, 0.29) is 18.7 Å². The van der Waals surface area contributed by atoms with Crippen molar-refractivity contribution in [3.63, 3.8) is 0 Å². The minimum atomic E-state index is -0.953. The minimum Gasteiger partial charge on any atom is -0.496 e. The number of ether oxygens (including phenoxy) is 1. The molecule has 2 aromatic rings. The lowest BCUT2D eigenvalue weighted by atomic mass is 9.98. The van der Waals surface area contributed by atoms with E-state index in [1.807, 2.05) is 56.3 Å². The summed E-state index contributed by atoms with van der Waals surface area (Å²) in [6.45, 7) is 3.84. The molecule has 0 saturated carbocycles. The molecule has 0 aromatic heterocycles. The average Bonchev–Trinajstić information content (AvgIpc) is 2.56. The van der Waals surface area contributed by atoms with E-state index < -0.39 is 12.0 Å². The summed E-state index contributed by atoms with van der Waals surface area (Å²) in [4.78, 5) is 23.6. The van der Waals surface area contributed by atoms with Crippen LogP contribution in [0, 0.1) is 13.8 Å². The van der Waals surface area contributed by atoms with E-state index in [2.05, 4.69) is 5.32 Å². The van der Waals surface area contributed by atoms with Crippen LogP contribution in [0.5, 0.6) is 5.75 Å². The fraction of sp³-hybridized carbons (Fsp3) is 0.300. The van der Waals surface area contributed by atoms with Crippen molar-refractivity contribution in [1.82, 2.24) is 5.32 Å². The molecular formula is C20H23NO4. The van der Waals surface area contributed by atoms with Crippen molar-refractivity contribution in [2.75, 3.05) is 7.11 Å². The van der Waals surface area contributed by atoms with E-state index >= 15 is 0 Å². The monoisotopic (exact) mass is 341 g/mol. The highest BCUT2D eigenvalue weighted by Crippen LogP contribution is 2.22. The first-order valence-electron chi connectivity index (χ1n) is 8.11. The molecule has 25 heavy (non-hydrogen) atoms.